The molecule has 0 saturated carbocycles. The molecule has 1 aliphatic rings. The minimum absolute atomic E-state index is 0.234. The maximum Gasteiger partial charge on any atom is 0.341 e. The number of imide groups is 1. The Labute approximate surface area is 159 Å². The van der Waals surface area contributed by atoms with Gasteiger partial charge in [-0.25, -0.2) is 9.69 Å². The van der Waals surface area contributed by atoms with Crippen molar-refractivity contribution in [3.05, 3.63) is 52.3 Å². The number of aromatic amines is 1. The van der Waals surface area contributed by atoms with Gasteiger partial charge < -0.3 is 20.5 Å². The quantitative estimate of drug-likeness (QED) is 0.595. The molecular formula is C19H19N3O6. The molecule has 0 bridgehead atoms. The molecule has 9 nitrogen and oxygen atoms in total. The minimum atomic E-state index is -1.32. The number of β-amino-alcohol motifs (C(OH)–C–C–N with tert-alkyl or cyclic N) is 1. The molecule has 0 spiro atoms. The lowest BCUT2D eigenvalue weighted by Gasteiger charge is -2.23. The molecule has 1 unspecified atom stereocenters. The second-order valence-electron chi connectivity index (χ2n) is 6.51. The van der Waals surface area contributed by atoms with Gasteiger partial charge >= 0.3 is 5.97 Å². The molecule has 1 fully saturated rings. The van der Waals surface area contributed by atoms with Gasteiger partial charge in [0, 0.05) is 19.2 Å². The first kappa shape index (κ1) is 19.5. The molecule has 4 N–H and O–H groups in total. The number of anilines is 1. The van der Waals surface area contributed by atoms with Crippen molar-refractivity contribution in [3.63, 3.8) is 0 Å². The van der Waals surface area contributed by atoms with Crippen molar-refractivity contribution < 1.29 is 24.6 Å². The molecule has 3 rings (SSSR count). The average molecular weight is 385 g/mol. The van der Waals surface area contributed by atoms with Crippen LogP contribution in [0.3, 0.4) is 0 Å². The van der Waals surface area contributed by atoms with E-state index in [1.807, 2.05) is 0 Å². The summed E-state index contributed by atoms with van der Waals surface area (Å²) in [7, 11) is 0. The smallest absolute Gasteiger partial charge is 0.341 e. The first-order valence-corrected chi connectivity index (χ1v) is 8.61. The minimum Gasteiger partial charge on any atom is -0.477 e. The van der Waals surface area contributed by atoms with Crippen molar-refractivity contribution in [3.8, 4) is 11.3 Å². The number of amides is 2. The van der Waals surface area contributed by atoms with E-state index in [0.29, 0.717) is 23.5 Å². The van der Waals surface area contributed by atoms with Gasteiger partial charge in [0.1, 0.15) is 5.56 Å². The number of nitrogens with zero attached hydrogens (tertiary/aromatic N) is 1. The highest BCUT2D eigenvalue weighted by molar-refractivity contribution is 6.16. The number of hydrogen-bond acceptors (Lipinski definition) is 6. The van der Waals surface area contributed by atoms with Crippen molar-refractivity contribution >= 4 is 23.5 Å². The van der Waals surface area contributed by atoms with E-state index in [2.05, 4.69) is 10.3 Å². The number of rotatable bonds is 4. The number of aromatic nitrogens is 1. The normalized spacial score (nSPS) is 18.6. The third-order valence-corrected chi connectivity index (χ3v) is 4.52. The Hall–Kier alpha value is -3.30. The number of H-pyrrole nitrogens is 1. The summed E-state index contributed by atoms with van der Waals surface area (Å²) < 4.78 is 0. The van der Waals surface area contributed by atoms with Crippen LogP contribution in [0.5, 0.6) is 0 Å². The predicted octanol–water partition coefficient (Wildman–Crippen LogP) is 0.342. The number of carboxylic acid groups (broad SMARTS) is 1. The van der Waals surface area contributed by atoms with Gasteiger partial charge in [-0.05, 0) is 36.2 Å². The number of nitrogens with one attached hydrogen (secondary N) is 2. The number of hydrogen-bond donors (Lipinski definition) is 4. The molecule has 146 valence electrons. The maximum absolute atomic E-state index is 12.7. The summed E-state index contributed by atoms with van der Waals surface area (Å²) in [6, 6.07) is 8.39. The maximum atomic E-state index is 12.7. The van der Waals surface area contributed by atoms with Crippen LogP contribution in [-0.2, 0) is 9.59 Å². The van der Waals surface area contributed by atoms with E-state index in [1.54, 1.807) is 24.3 Å². The topological polar surface area (TPSA) is 140 Å². The fraction of sp³-hybridized carbons (Fsp3) is 0.263. The van der Waals surface area contributed by atoms with Crippen LogP contribution in [0.2, 0.25) is 0 Å². The molecule has 28 heavy (non-hydrogen) atoms. The molecule has 0 radical (unpaired) electrons. The Morgan fingerprint density at radius 2 is 1.79 bits per heavy atom. The lowest BCUT2D eigenvalue weighted by atomic mass is 10.1. The van der Waals surface area contributed by atoms with Gasteiger partial charge in [0.15, 0.2) is 0 Å². The predicted molar refractivity (Wildman–Crippen MR) is 100 cm³/mol. The summed E-state index contributed by atoms with van der Waals surface area (Å²) in [5.74, 6) is -2.22. The number of benzene rings is 1. The summed E-state index contributed by atoms with van der Waals surface area (Å²) in [6.07, 6.45) is -0.395. The molecule has 1 aromatic carbocycles. The molecule has 1 saturated heterocycles. The fourth-order valence-corrected chi connectivity index (χ4v) is 3.13. The molecule has 1 aliphatic heterocycles. The first-order valence-electron chi connectivity index (χ1n) is 8.61. The fourth-order valence-electron chi connectivity index (χ4n) is 3.13. The average Bonchev–Trinajstić information content (AvgIpc) is 3.08. The summed E-state index contributed by atoms with van der Waals surface area (Å²) >= 11 is 0. The lowest BCUT2D eigenvalue weighted by Crippen LogP contribution is -2.46. The van der Waals surface area contributed by atoms with E-state index in [0.717, 1.165) is 4.90 Å². The number of aromatic carboxylic acids is 1. The Morgan fingerprint density at radius 1 is 1.11 bits per heavy atom. The van der Waals surface area contributed by atoms with E-state index >= 15 is 0 Å². The number of aliphatic hydroxyl groups excluding tert-OH is 1. The van der Waals surface area contributed by atoms with Crippen molar-refractivity contribution in [1.82, 2.24) is 10.3 Å². The summed E-state index contributed by atoms with van der Waals surface area (Å²) in [5.41, 5.74) is 0.264. The van der Waals surface area contributed by atoms with E-state index < -0.39 is 35.5 Å². The SMILES string of the molecule is CC(=O)N(C(=O)[C@@H]1CC(O)CN1)c1ccc(-c2ccc(C(=O)O)c(=O)[nH]2)cc1. The van der Waals surface area contributed by atoms with Crippen molar-refractivity contribution in [1.29, 1.82) is 0 Å². The molecule has 2 amide bonds. The van der Waals surface area contributed by atoms with Crippen molar-refractivity contribution in [2.24, 2.45) is 0 Å². The highest BCUT2D eigenvalue weighted by Gasteiger charge is 2.33. The van der Waals surface area contributed by atoms with Crippen LogP contribution in [0.25, 0.3) is 11.3 Å². The number of pyridine rings is 1. The summed E-state index contributed by atoms with van der Waals surface area (Å²) in [5, 5.41) is 21.4. The van der Waals surface area contributed by atoms with E-state index in [1.165, 1.54) is 19.1 Å². The summed E-state index contributed by atoms with van der Waals surface area (Å²) in [4.78, 5) is 51.0. The molecule has 2 heterocycles. The number of carbonyl (C=O) groups is 3. The van der Waals surface area contributed by atoms with Gasteiger partial charge in [-0.15, -0.1) is 0 Å². The first-order chi connectivity index (χ1) is 13.3. The molecule has 9 heteroatoms. The zero-order valence-electron chi connectivity index (χ0n) is 15.0. The van der Waals surface area contributed by atoms with Gasteiger partial charge in [-0.2, -0.15) is 0 Å². The van der Waals surface area contributed by atoms with Crippen LogP contribution in [0, 0.1) is 0 Å². The van der Waals surface area contributed by atoms with Crippen LogP contribution >= 0.6 is 0 Å². The Kier molecular flexibility index (Phi) is 5.39. The number of carboxylic acids is 1. The summed E-state index contributed by atoms with van der Waals surface area (Å²) in [6.45, 7) is 1.57. The van der Waals surface area contributed by atoms with Crippen LogP contribution in [0.4, 0.5) is 5.69 Å². The zero-order valence-corrected chi connectivity index (χ0v) is 15.0. The van der Waals surface area contributed by atoms with E-state index in [-0.39, 0.29) is 12.0 Å². The molecule has 2 atom stereocenters. The van der Waals surface area contributed by atoms with Gasteiger partial charge in [0.25, 0.3) is 11.5 Å². The largest absolute Gasteiger partial charge is 0.477 e. The van der Waals surface area contributed by atoms with E-state index in [4.69, 9.17) is 5.11 Å². The third-order valence-electron chi connectivity index (χ3n) is 4.52. The van der Waals surface area contributed by atoms with Gasteiger partial charge in [0.2, 0.25) is 5.91 Å². The van der Waals surface area contributed by atoms with Gasteiger partial charge in [0.05, 0.1) is 17.8 Å². The zero-order chi connectivity index (χ0) is 20.4. The van der Waals surface area contributed by atoms with Crippen LogP contribution < -0.4 is 15.8 Å². The number of carbonyl (C=O) groups excluding carboxylic acids is 2. The highest BCUT2D eigenvalue weighted by Crippen LogP contribution is 2.23. The Bertz CT molecular complexity index is 982. The van der Waals surface area contributed by atoms with Crippen LogP contribution in [0.15, 0.2) is 41.2 Å². The molecule has 0 aliphatic carbocycles. The monoisotopic (exact) mass is 385 g/mol. The molecular weight excluding hydrogens is 366 g/mol. The van der Waals surface area contributed by atoms with Crippen LogP contribution in [0.1, 0.15) is 23.7 Å². The van der Waals surface area contributed by atoms with Crippen LogP contribution in [-0.4, -0.2) is 51.7 Å². The molecule has 2 aromatic rings. The van der Waals surface area contributed by atoms with Gasteiger partial charge in [-0.3, -0.25) is 14.4 Å². The third kappa shape index (κ3) is 3.85. The van der Waals surface area contributed by atoms with E-state index in [9.17, 15) is 24.3 Å². The Balaban J connectivity index is 1.87. The molecule has 1 aromatic heterocycles. The van der Waals surface area contributed by atoms with Gasteiger partial charge in [-0.1, -0.05) is 12.1 Å². The Morgan fingerprint density at radius 3 is 2.29 bits per heavy atom. The second kappa shape index (κ2) is 7.75. The lowest BCUT2D eigenvalue weighted by molar-refractivity contribution is -0.126. The second-order valence-corrected chi connectivity index (χ2v) is 6.51. The highest BCUT2D eigenvalue weighted by atomic mass is 16.4. The standard InChI is InChI=1S/C19H19N3O6/c1-10(23)22(18(26)16-8-13(24)9-20-16)12-4-2-11(3-5-12)15-7-6-14(19(27)28)17(25)21-15/h2-7,13,16,20,24H,8-9H2,1H3,(H,21,25)(H,27,28)/t13?,16-/m0/s1. The number of aliphatic hydroxyl groups is 1. The van der Waals surface area contributed by atoms with Crippen molar-refractivity contribution in [2.45, 2.75) is 25.5 Å². The van der Waals surface area contributed by atoms with Crippen molar-refractivity contribution in [2.75, 3.05) is 11.4 Å².